The van der Waals surface area contributed by atoms with Crippen LogP contribution in [0, 0.1) is 0 Å². The quantitative estimate of drug-likeness (QED) is 0.591. The summed E-state index contributed by atoms with van der Waals surface area (Å²) >= 11 is 0. The third-order valence-electron chi connectivity index (χ3n) is 2.07. The summed E-state index contributed by atoms with van der Waals surface area (Å²) in [6.07, 6.45) is -0.297. The van der Waals surface area contributed by atoms with E-state index in [4.69, 9.17) is 10.2 Å². The Balaban J connectivity index is 2.77. The number of amides is 1. The zero-order chi connectivity index (χ0) is 10.0. The van der Waals surface area contributed by atoms with Gasteiger partial charge in [-0.25, -0.2) is 9.59 Å². The van der Waals surface area contributed by atoms with Crippen molar-refractivity contribution in [3.8, 4) is 0 Å². The standard InChI is InChI=1S/C8H11NO4/c1-5-2-3-6(7(10)11)9(4-5)8(12)13/h6H,1-4H2,(H,10,11)(H,12,13). The molecule has 0 bridgehead atoms. The highest BCUT2D eigenvalue weighted by Crippen LogP contribution is 2.20. The van der Waals surface area contributed by atoms with Crippen LogP contribution in [-0.2, 0) is 4.79 Å². The van der Waals surface area contributed by atoms with E-state index in [1.165, 1.54) is 0 Å². The van der Waals surface area contributed by atoms with E-state index in [0.717, 1.165) is 10.5 Å². The van der Waals surface area contributed by atoms with Gasteiger partial charge in [-0.05, 0) is 12.8 Å². The van der Waals surface area contributed by atoms with Gasteiger partial charge in [-0.15, -0.1) is 0 Å². The zero-order valence-corrected chi connectivity index (χ0v) is 7.06. The summed E-state index contributed by atoms with van der Waals surface area (Å²) in [5.74, 6) is -1.09. The first-order valence-corrected chi connectivity index (χ1v) is 3.91. The molecule has 13 heavy (non-hydrogen) atoms. The van der Waals surface area contributed by atoms with Crippen molar-refractivity contribution < 1.29 is 19.8 Å². The Kier molecular flexibility index (Phi) is 2.55. The monoisotopic (exact) mass is 185 g/mol. The number of carboxylic acids is 1. The van der Waals surface area contributed by atoms with Crippen LogP contribution in [0.5, 0.6) is 0 Å². The van der Waals surface area contributed by atoms with Crippen LogP contribution in [0.2, 0.25) is 0 Å². The van der Waals surface area contributed by atoms with Crippen LogP contribution in [-0.4, -0.2) is 39.8 Å². The molecule has 72 valence electrons. The average molecular weight is 185 g/mol. The zero-order valence-electron chi connectivity index (χ0n) is 7.06. The summed E-state index contributed by atoms with van der Waals surface area (Å²) in [7, 11) is 0. The molecule has 1 amide bonds. The molecule has 1 atom stereocenters. The SMILES string of the molecule is C=C1CCC(C(=O)O)N(C(=O)O)C1. The lowest BCUT2D eigenvalue weighted by molar-refractivity contribution is -0.143. The molecule has 0 saturated carbocycles. The van der Waals surface area contributed by atoms with Gasteiger partial charge in [-0.3, -0.25) is 4.90 Å². The topological polar surface area (TPSA) is 77.8 Å². The van der Waals surface area contributed by atoms with Gasteiger partial charge in [0.25, 0.3) is 0 Å². The van der Waals surface area contributed by atoms with Gasteiger partial charge in [-0.1, -0.05) is 12.2 Å². The number of hydrogen-bond acceptors (Lipinski definition) is 2. The molecule has 0 aromatic heterocycles. The van der Waals surface area contributed by atoms with Crippen molar-refractivity contribution in [2.24, 2.45) is 0 Å². The summed E-state index contributed by atoms with van der Waals surface area (Å²) in [6.45, 7) is 3.77. The lowest BCUT2D eigenvalue weighted by Crippen LogP contribution is -2.47. The number of nitrogens with zero attached hydrogens (tertiary/aromatic N) is 1. The molecule has 0 aromatic rings. The molecule has 1 heterocycles. The van der Waals surface area contributed by atoms with Gasteiger partial charge in [0.15, 0.2) is 0 Å². The number of likely N-dealkylation sites (tertiary alicyclic amines) is 1. The maximum Gasteiger partial charge on any atom is 0.408 e. The van der Waals surface area contributed by atoms with Gasteiger partial charge in [-0.2, -0.15) is 0 Å². The van der Waals surface area contributed by atoms with E-state index in [-0.39, 0.29) is 6.54 Å². The molecule has 1 saturated heterocycles. The fourth-order valence-electron chi connectivity index (χ4n) is 1.38. The second-order valence-corrected chi connectivity index (χ2v) is 3.05. The number of carboxylic acid groups (broad SMARTS) is 2. The van der Waals surface area contributed by atoms with E-state index >= 15 is 0 Å². The van der Waals surface area contributed by atoms with Crippen molar-refractivity contribution in [3.63, 3.8) is 0 Å². The highest BCUT2D eigenvalue weighted by Gasteiger charge is 2.32. The molecule has 1 aliphatic rings. The van der Waals surface area contributed by atoms with E-state index in [2.05, 4.69) is 6.58 Å². The van der Waals surface area contributed by atoms with Crippen LogP contribution >= 0.6 is 0 Å². The summed E-state index contributed by atoms with van der Waals surface area (Å²) in [6, 6.07) is -0.914. The minimum atomic E-state index is -1.20. The van der Waals surface area contributed by atoms with Crippen LogP contribution in [0.4, 0.5) is 4.79 Å². The van der Waals surface area contributed by atoms with Crippen LogP contribution in [0.15, 0.2) is 12.2 Å². The van der Waals surface area contributed by atoms with E-state index < -0.39 is 18.1 Å². The molecule has 0 aromatic carbocycles. The molecule has 0 aliphatic carbocycles. The largest absolute Gasteiger partial charge is 0.480 e. The lowest BCUT2D eigenvalue weighted by atomic mass is 9.99. The van der Waals surface area contributed by atoms with E-state index in [0.29, 0.717) is 12.8 Å². The normalized spacial score (nSPS) is 22.9. The molecule has 5 heteroatoms. The summed E-state index contributed by atoms with van der Waals surface area (Å²) in [5, 5.41) is 17.4. The first-order chi connectivity index (χ1) is 6.02. The van der Waals surface area contributed by atoms with Crippen molar-refractivity contribution in [1.82, 2.24) is 4.90 Å². The number of rotatable bonds is 1. The smallest absolute Gasteiger partial charge is 0.408 e. The molecular weight excluding hydrogens is 174 g/mol. The molecular formula is C8H11NO4. The second kappa shape index (κ2) is 3.47. The Morgan fingerprint density at radius 3 is 2.54 bits per heavy atom. The Morgan fingerprint density at radius 2 is 2.08 bits per heavy atom. The maximum absolute atomic E-state index is 10.6. The number of piperidine rings is 1. The van der Waals surface area contributed by atoms with E-state index in [1.54, 1.807) is 0 Å². The predicted octanol–water partition coefficient (Wildman–Crippen LogP) is 0.770. The molecule has 1 aliphatic heterocycles. The van der Waals surface area contributed by atoms with Crippen molar-refractivity contribution in [1.29, 1.82) is 0 Å². The number of aliphatic carboxylic acids is 1. The molecule has 1 unspecified atom stereocenters. The van der Waals surface area contributed by atoms with Crippen molar-refractivity contribution in [3.05, 3.63) is 12.2 Å². The fraction of sp³-hybridized carbons (Fsp3) is 0.500. The van der Waals surface area contributed by atoms with Gasteiger partial charge in [0.1, 0.15) is 6.04 Å². The molecule has 5 nitrogen and oxygen atoms in total. The average Bonchev–Trinajstić information content (AvgIpc) is 2.03. The van der Waals surface area contributed by atoms with Gasteiger partial charge in [0.2, 0.25) is 0 Å². The third-order valence-corrected chi connectivity index (χ3v) is 2.07. The number of hydrogen-bond donors (Lipinski definition) is 2. The van der Waals surface area contributed by atoms with Crippen molar-refractivity contribution >= 4 is 12.1 Å². The predicted molar refractivity (Wildman–Crippen MR) is 44.5 cm³/mol. The van der Waals surface area contributed by atoms with Gasteiger partial charge < -0.3 is 10.2 Å². The highest BCUT2D eigenvalue weighted by molar-refractivity contribution is 5.79. The van der Waals surface area contributed by atoms with Gasteiger partial charge in [0.05, 0.1) is 0 Å². The van der Waals surface area contributed by atoms with E-state index in [1.807, 2.05) is 0 Å². The van der Waals surface area contributed by atoms with Gasteiger partial charge >= 0.3 is 12.1 Å². The van der Waals surface area contributed by atoms with Crippen LogP contribution < -0.4 is 0 Å². The molecule has 1 fully saturated rings. The Labute approximate surface area is 75.3 Å². The highest BCUT2D eigenvalue weighted by atomic mass is 16.4. The number of carbonyl (C=O) groups is 2. The first kappa shape index (κ1) is 9.57. The Bertz CT molecular complexity index is 261. The van der Waals surface area contributed by atoms with E-state index in [9.17, 15) is 9.59 Å². The molecule has 2 N–H and O–H groups in total. The van der Waals surface area contributed by atoms with Crippen LogP contribution in [0.3, 0.4) is 0 Å². The van der Waals surface area contributed by atoms with Crippen LogP contribution in [0.25, 0.3) is 0 Å². The van der Waals surface area contributed by atoms with Crippen LogP contribution in [0.1, 0.15) is 12.8 Å². The van der Waals surface area contributed by atoms with Gasteiger partial charge in [0, 0.05) is 6.54 Å². The summed E-state index contributed by atoms with van der Waals surface area (Å²) in [4.78, 5) is 22.2. The second-order valence-electron chi connectivity index (χ2n) is 3.05. The molecule has 0 spiro atoms. The molecule has 0 radical (unpaired) electrons. The third kappa shape index (κ3) is 1.99. The fourth-order valence-corrected chi connectivity index (χ4v) is 1.38. The minimum Gasteiger partial charge on any atom is -0.480 e. The van der Waals surface area contributed by atoms with Crippen molar-refractivity contribution in [2.45, 2.75) is 18.9 Å². The van der Waals surface area contributed by atoms with Crippen molar-refractivity contribution in [2.75, 3.05) is 6.54 Å². The maximum atomic E-state index is 10.6. The Hall–Kier alpha value is -1.52. The minimum absolute atomic E-state index is 0.131. The molecule has 1 rings (SSSR count). The first-order valence-electron chi connectivity index (χ1n) is 3.91. The lowest BCUT2D eigenvalue weighted by Gasteiger charge is -2.31. The summed E-state index contributed by atoms with van der Waals surface area (Å²) in [5.41, 5.74) is 0.764. The summed E-state index contributed by atoms with van der Waals surface area (Å²) < 4.78 is 0. The Morgan fingerprint density at radius 1 is 1.46 bits per heavy atom.